The second-order valence-corrected chi connectivity index (χ2v) is 12.9. The zero-order valence-corrected chi connectivity index (χ0v) is 24.2. The number of rotatable bonds is 8. The van der Waals surface area contributed by atoms with Gasteiger partial charge in [-0.25, -0.2) is 10.0 Å². The van der Waals surface area contributed by atoms with Crippen molar-refractivity contribution >= 4 is 61.9 Å². The summed E-state index contributed by atoms with van der Waals surface area (Å²) in [6, 6.07) is 10.6. The lowest BCUT2D eigenvalue weighted by molar-refractivity contribution is -0.130. The molecule has 0 unspecified atom stereocenters. The van der Waals surface area contributed by atoms with Crippen LogP contribution in [0.4, 0.5) is 13.2 Å². The molecular weight excluding hydrogens is 616 g/mol. The Morgan fingerprint density at radius 3 is 2.41 bits per heavy atom. The van der Waals surface area contributed by atoms with Crippen LogP contribution in [0.5, 0.6) is 5.75 Å². The minimum absolute atomic E-state index is 0.100. The highest BCUT2D eigenvalue weighted by atomic mass is 35.5. The molecule has 4 rings (SSSR count). The fraction of sp³-hybridized carbons (Fsp3) is 0.360. The summed E-state index contributed by atoms with van der Waals surface area (Å²) in [7, 11) is -4.44. The van der Waals surface area contributed by atoms with E-state index in [-0.39, 0.29) is 16.8 Å². The van der Waals surface area contributed by atoms with E-state index in [1.807, 2.05) is 0 Å². The summed E-state index contributed by atoms with van der Waals surface area (Å²) in [5.41, 5.74) is 1.64. The van der Waals surface area contributed by atoms with E-state index >= 15 is 0 Å². The Balaban J connectivity index is 1.65. The van der Waals surface area contributed by atoms with E-state index in [4.69, 9.17) is 44.6 Å². The van der Waals surface area contributed by atoms with E-state index in [0.29, 0.717) is 36.8 Å². The van der Waals surface area contributed by atoms with Crippen molar-refractivity contribution in [3.05, 3.63) is 57.5 Å². The van der Waals surface area contributed by atoms with Crippen molar-refractivity contribution in [2.24, 2.45) is 0 Å². The molecule has 0 amide bonds. The van der Waals surface area contributed by atoms with Crippen LogP contribution in [0.15, 0.2) is 42.5 Å². The normalized spacial score (nSPS) is 14.8. The first-order chi connectivity index (χ1) is 18.3. The first kappa shape index (κ1) is 30.0. The Hall–Kier alpha value is -1.96. The monoisotopic (exact) mass is 638 g/mol. The maximum atomic E-state index is 12.4. The van der Waals surface area contributed by atoms with Gasteiger partial charge in [-0.2, -0.15) is 21.6 Å². The molecule has 3 aromatic rings. The quantitative estimate of drug-likeness (QED) is 0.151. The number of aromatic nitrogens is 1. The minimum Gasteiger partial charge on any atom is -0.382 e. The molecular formula is C25H23Cl2F3N2O4S3. The molecule has 1 heterocycles. The van der Waals surface area contributed by atoms with Gasteiger partial charge in [0.2, 0.25) is 0 Å². The molecule has 2 aromatic carbocycles. The Bertz CT molecular complexity index is 1440. The van der Waals surface area contributed by atoms with Crippen LogP contribution in [0.25, 0.3) is 21.7 Å². The van der Waals surface area contributed by atoms with Gasteiger partial charge in [0.05, 0.1) is 33.8 Å². The van der Waals surface area contributed by atoms with Crippen molar-refractivity contribution in [1.29, 1.82) is 0 Å². The van der Waals surface area contributed by atoms with Crippen LogP contribution in [0, 0.1) is 0 Å². The minimum atomic E-state index is -4.62. The molecule has 39 heavy (non-hydrogen) atoms. The second kappa shape index (κ2) is 12.3. The van der Waals surface area contributed by atoms with Crippen LogP contribution in [0.1, 0.15) is 43.5 Å². The second-order valence-electron chi connectivity index (χ2n) is 9.00. The van der Waals surface area contributed by atoms with Crippen LogP contribution in [-0.4, -0.2) is 46.6 Å². The van der Waals surface area contributed by atoms with E-state index < -0.39 is 28.5 Å². The highest BCUT2D eigenvalue weighted by Gasteiger charge is 2.31. The van der Waals surface area contributed by atoms with E-state index in [9.17, 15) is 26.8 Å². The van der Waals surface area contributed by atoms with Crippen LogP contribution in [0.3, 0.4) is 0 Å². The summed E-state index contributed by atoms with van der Waals surface area (Å²) < 4.78 is 66.1. The van der Waals surface area contributed by atoms with Crippen LogP contribution < -0.4 is 4.18 Å². The molecule has 0 aliphatic heterocycles. The number of hydrogen-bond acceptors (Lipinski definition) is 7. The molecule has 6 nitrogen and oxygen atoms in total. The third kappa shape index (κ3) is 7.83. The SMILES string of the molecule is O=S(=O)(CCC(F)(F)F)Oc1ccc(-c2sc(C(=S)N(O)C3CCCCC3)nc2-c2ccc(Cl)cc2Cl)cc1. The zero-order chi connectivity index (χ0) is 28.4. The van der Waals surface area contributed by atoms with E-state index in [1.165, 1.54) is 23.5 Å². The number of halogens is 5. The standard InChI is InChI=1S/C25H23Cl2F3N2O4S3/c26-16-8-11-19(20(27)14-16)21-22(38-23(31-21)24(37)32(33)17-4-2-1-3-5-17)15-6-9-18(10-7-15)36-39(34,35)13-12-25(28,29)30/h6-11,14,17,33H,1-5,12-13H2. The molecule has 14 heteroatoms. The summed E-state index contributed by atoms with van der Waals surface area (Å²) in [4.78, 5) is 5.51. The molecule has 0 saturated heterocycles. The summed E-state index contributed by atoms with van der Waals surface area (Å²) in [5, 5.41) is 13.1. The molecule has 1 saturated carbocycles. The van der Waals surface area contributed by atoms with Crippen LogP contribution >= 0.6 is 46.8 Å². The molecule has 0 spiro atoms. The fourth-order valence-electron chi connectivity index (χ4n) is 4.15. The van der Waals surface area contributed by atoms with Crippen LogP contribution in [0.2, 0.25) is 10.0 Å². The van der Waals surface area contributed by atoms with Gasteiger partial charge in [0, 0.05) is 10.6 Å². The van der Waals surface area contributed by atoms with E-state index in [2.05, 4.69) is 0 Å². The molecule has 0 bridgehead atoms. The molecule has 210 valence electrons. The van der Waals surface area contributed by atoms with Gasteiger partial charge < -0.3 is 4.18 Å². The van der Waals surface area contributed by atoms with Crippen molar-refractivity contribution in [3.8, 4) is 27.4 Å². The average molecular weight is 640 g/mol. The summed E-state index contributed by atoms with van der Waals surface area (Å²) in [5.74, 6) is -1.32. The van der Waals surface area contributed by atoms with Gasteiger partial charge in [-0.3, -0.25) is 5.21 Å². The highest BCUT2D eigenvalue weighted by Crippen LogP contribution is 2.41. The summed E-state index contributed by atoms with van der Waals surface area (Å²) >= 11 is 19.4. The third-order valence-electron chi connectivity index (χ3n) is 6.10. The van der Waals surface area contributed by atoms with Gasteiger partial charge in [-0.05, 0) is 60.9 Å². The highest BCUT2D eigenvalue weighted by molar-refractivity contribution is 7.87. The topological polar surface area (TPSA) is 79.7 Å². The van der Waals surface area contributed by atoms with E-state index in [0.717, 1.165) is 37.2 Å². The van der Waals surface area contributed by atoms with Gasteiger partial charge in [0.25, 0.3) is 0 Å². The largest absolute Gasteiger partial charge is 0.390 e. The maximum Gasteiger partial charge on any atom is 0.390 e. The number of thiazole rings is 1. The van der Waals surface area contributed by atoms with Crippen molar-refractivity contribution in [2.75, 3.05) is 5.75 Å². The molecule has 0 radical (unpaired) electrons. The smallest absolute Gasteiger partial charge is 0.382 e. The molecule has 1 aliphatic carbocycles. The number of thiocarbonyl (C=S) groups is 1. The molecule has 1 aliphatic rings. The molecule has 1 N–H and O–H groups in total. The molecule has 1 aromatic heterocycles. The summed E-state index contributed by atoms with van der Waals surface area (Å²) in [6.45, 7) is 0. The lowest BCUT2D eigenvalue weighted by Crippen LogP contribution is -2.38. The molecule has 1 fully saturated rings. The first-order valence-corrected chi connectivity index (χ1v) is 15.5. The first-order valence-electron chi connectivity index (χ1n) is 11.9. The number of nitrogens with zero attached hydrogens (tertiary/aromatic N) is 2. The Morgan fingerprint density at radius 2 is 1.79 bits per heavy atom. The van der Waals surface area contributed by atoms with Crippen LogP contribution in [-0.2, 0) is 10.1 Å². The zero-order valence-electron chi connectivity index (χ0n) is 20.2. The van der Waals surface area contributed by atoms with Gasteiger partial charge in [-0.1, -0.05) is 54.7 Å². The van der Waals surface area contributed by atoms with Crippen molar-refractivity contribution in [1.82, 2.24) is 10.0 Å². The fourth-order valence-corrected chi connectivity index (χ4v) is 6.96. The number of benzene rings is 2. The van der Waals surface area contributed by atoms with Crippen molar-refractivity contribution < 1.29 is 31.0 Å². The molecule has 0 atom stereocenters. The Labute approximate surface area is 243 Å². The summed E-state index contributed by atoms with van der Waals surface area (Å²) in [6.07, 6.45) is -1.38. The Morgan fingerprint density at radius 1 is 1.13 bits per heavy atom. The van der Waals surface area contributed by atoms with Gasteiger partial charge in [0.15, 0.2) is 10.00 Å². The van der Waals surface area contributed by atoms with Gasteiger partial charge in [0.1, 0.15) is 5.75 Å². The van der Waals surface area contributed by atoms with E-state index in [1.54, 1.807) is 30.3 Å². The van der Waals surface area contributed by atoms with Crippen molar-refractivity contribution in [2.45, 2.75) is 50.7 Å². The van der Waals surface area contributed by atoms with Crippen molar-refractivity contribution in [3.63, 3.8) is 0 Å². The predicted molar refractivity (Wildman–Crippen MR) is 150 cm³/mol. The number of hydroxylamine groups is 2. The number of alkyl halides is 3. The maximum absolute atomic E-state index is 12.4. The van der Waals surface area contributed by atoms with Gasteiger partial charge in [-0.15, -0.1) is 11.3 Å². The van der Waals surface area contributed by atoms with Gasteiger partial charge >= 0.3 is 16.3 Å². The average Bonchev–Trinajstić information content (AvgIpc) is 3.32. The third-order valence-corrected chi connectivity index (χ3v) is 9.42. The predicted octanol–water partition coefficient (Wildman–Crippen LogP) is 8.14. The number of hydrogen-bond donors (Lipinski definition) is 1. The Kier molecular flexibility index (Phi) is 9.45. The lowest BCUT2D eigenvalue weighted by Gasteiger charge is -2.30. The lowest BCUT2D eigenvalue weighted by atomic mass is 9.95.